The van der Waals surface area contributed by atoms with Crippen LogP contribution >= 0.6 is 0 Å². The Labute approximate surface area is 114 Å². The minimum Gasteiger partial charge on any atom is -0.309 e. The summed E-state index contributed by atoms with van der Waals surface area (Å²) < 4.78 is 24.1. The predicted octanol–water partition coefficient (Wildman–Crippen LogP) is 2.61. The van der Waals surface area contributed by atoms with Crippen LogP contribution in [0.2, 0.25) is 0 Å². The molecule has 0 aromatic heterocycles. The molecular weight excluding hydrogens is 258 g/mol. The third-order valence-electron chi connectivity index (χ3n) is 3.99. The summed E-state index contributed by atoms with van der Waals surface area (Å²) in [5.74, 6) is 0.200. The highest BCUT2D eigenvalue weighted by atomic mass is 32.2. The first-order chi connectivity index (χ1) is 9.17. The smallest absolute Gasteiger partial charge is 0.180 e. The number of allylic oxidation sites excluding steroid dienone is 1. The Kier molecular flexibility index (Phi) is 3.46. The second-order valence-corrected chi connectivity index (χ2v) is 7.33. The van der Waals surface area contributed by atoms with Crippen molar-refractivity contribution in [3.63, 3.8) is 0 Å². The van der Waals surface area contributed by atoms with E-state index in [1.54, 1.807) is 12.1 Å². The van der Waals surface area contributed by atoms with Gasteiger partial charge in [0.25, 0.3) is 0 Å². The Bertz CT molecular complexity index is 604. The maximum Gasteiger partial charge on any atom is 0.180 e. The fourth-order valence-corrected chi connectivity index (χ4v) is 4.76. The summed E-state index contributed by atoms with van der Waals surface area (Å²) >= 11 is 0. The van der Waals surface area contributed by atoms with Crippen molar-refractivity contribution in [2.75, 3.05) is 12.3 Å². The Hall–Kier alpha value is -1.13. The molecule has 4 heteroatoms. The molecular formula is C15H19NO2S. The first-order valence-corrected chi connectivity index (χ1v) is 8.55. The molecule has 0 amide bonds. The Morgan fingerprint density at radius 3 is 2.89 bits per heavy atom. The molecule has 1 aromatic carbocycles. The third kappa shape index (κ3) is 2.60. The zero-order valence-corrected chi connectivity index (χ0v) is 11.7. The van der Waals surface area contributed by atoms with Crippen molar-refractivity contribution in [3.05, 3.63) is 41.5 Å². The van der Waals surface area contributed by atoms with Crippen molar-refractivity contribution < 1.29 is 8.42 Å². The van der Waals surface area contributed by atoms with E-state index < -0.39 is 9.84 Å². The molecule has 1 atom stereocenters. The van der Waals surface area contributed by atoms with Gasteiger partial charge in [-0.25, -0.2) is 8.42 Å². The molecule has 1 aliphatic heterocycles. The summed E-state index contributed by atoms with van der Waals surface area (Å²) in [7, 11) is -3.08. The lowest BCUT2D eigenvalue weighted by Gasteiger charge is -2.12. The van der Waals surface area contributed by atoms with E-state index in [9.17, 15) is 8.42 Å². The fourth-order valence-electron chi connectivity index (χ4n) is 2.99. The van der Waals surface area contributed by atoms with Crippen LogP contribution in [0.5, 0.6) is 0 Å². The molecule has 2 aliphatic rings. The average Bonchev–Trinajstić information content (AvgIpc) is 2.98. The third-order valence-corrected chi connectivity index (χ3v) is 5.80. The van der Waals surface area contributed by atoms with Crippen molar-refractivity contribution in [2.45, 2.75) is 36.6 Å². The lowest BCUT2D eigenvalue weighted by molar-refractivity contribution is 0.566. The van der Waals surface area contributed by atoms with Crippen molar-refractivity contribution in [2.24, 2.45) is 0 Å². The van der Waals surface area contributed by atoms with Crippen molar-refractivity contribution in [1.29, 1.82) is 0 Å². The van der Waals surface area contributed by atoms with E-state index in [2.05, 4.69) is 11.4 Å². The summed E-state index contributed by atoms with van der Waals surface area (Å²) in [6, 6.07) is 7.30. The molecule has 19 heavy (non-hydrogen) atoms. The number of sulfone groups is 1. The average molecular weight is 277 g/mol. The number of hydrogen-bond donors (Lipinski definition) is 1. The lowest BCUT2D eigenvalue weighted by atomic mass is 10.1. The number of rotatable bonds is 4. The highest BCUT2D eigenvalue weighted by Gasteiger charge is 2.33. The minimum absolute atomic E-state index is 0.0387. The number of fused-ring (bicyclic) bond motifs is 1. The largest absolute Gasteiger partial charge is 0.309 e. The zero-order chi connectivity index (χ0) is 13.3. The Morgan fingerprint density at radius 1 is 1.26 bits per heavy atom. The number of benzene rings is 1. The van der Waals surface area contributed by atoms with Crippen LogP contribution in [-0.4, -0.2) is 20.7 Å². The van der Waals surface area contributed by atoms with Gasteiger partial charge in [-0.1, -0.05) is 29.8 Å². The van der Waals surface area contributed by atoms with Crippen LogP contribution < -0.4 is 5.32 Å². The molecule has 0 spiro atoms. The van der Waals surface area contributed by atoms with Gasteiger partial charge in [0, 0.05) is 6.04 Å². The van der Waals surface area contributed by atoms with Crippen LogP contribution in [0.25, 0.3) is 0 Å². The molecule has 3 nitrogen and oxygen atoms in total. The number of hydrogen-bond acceptors (Lipinski definition) is 3. The summed E-state index contributed by atoms with van der Waals surface area (Å²) in [4.78, 5) is 0.507. The van der Waals surface area contributed by atoms with Gasteiger partial charge in [0.05, 0.1) is 10.6 Å². The van der Waals surface area contributed by atoms with Gasteiger partial charge < -0.3 is 5.32 Å². The topological polar surface area (TPSA) is 46.2 Å². The maximum absolute atomic E-state index is 12.0. The van der Waals surface area contributed by atoms with Crippen molar-refractivity contribution in [1.82, 2.24) is 5.32 Å². The van der Waals surface area contributed by atoms with Gasteiger partial charge in [0.2, 0.25) is 0 Å². The van der Waals surface area contributed by atoms with E-state index >= 15 is 0 Å². The second kappa shape index (κ2) is 5.10. The molecule has 1 N–H and O–H groups in total. The molecule has 0 saturated heterocycles. The molecule has 102 valence electrons. The molecule has 0 fully saturated rings. The Balaban J connectivity index is 1.67. The summed E-state index contributed by atoms with van der Waals surface area (Å²) in [5, 5.41) is 3.40. The van der Waals surface area contributed by atoms with E-state index in [4.69, 9.17) is 0 Å². The van der Waals surface area contributed by atoms with Crippen LogP contribution in [0.1, 0.15) is 37.3 Å². The van der Waals surface area contributed by atoms with Gasteiger partial charge >= 0.3 is 0 Å². The van der Waals surface area contributed by atoms with Gasteiger partial charge in [-0.2, -0.15) is 0 Å². The quantitative estimate of drug-likeness (QED) is 0.861. The summed E-state index contributed by atoms with van der Waals surface area (Å²) in [6.07, 6.45) is 7.05. The van der Waals surface area contributed by atoms with E-state index in [0.29, 0.717) is 4.90 Å². The first-order valence-electron chi connectivity index (χ1n) is 6.90. The van der Waals surface area contributed by atoms with Crippen molar-refractivity contribution >= 4 is 9.84 Å². The molecule has 0 bridgehead atoms. The van der Waals surface area contributed by atoms with Gasteiger partial charge in [-0.3, -0.25) is 0 Å². The summed E-state index contributed by atoms with van der Waals surface area (Å²) in [5.41, 5.74) is 2.45. The molecule has 1 aromatic rings. The van der Waals surface area contributed by atoms with Gasteiger partial charge in [-0.05, 0) is 43.9 Å². The highest BCUT2D eigenvalue weighted by Crippen LogP contribution is 2.33. The standard InChI is InChI=1S/C15H19NO2S/c17-19(18)11-14(13-7-3-4-8-15(13)19)16-10-9-12-5-1-2-6-12/h3-5,7-8,14,16H,1-2,6,9-11H2. The molecule has 3 rings (SSSR count). The predicted molar refractivity (Wildman–Crippen MR) is 75.8 cm³/mol. The highest BCUT2D eigenvalue weighted by molar-refractivity contribution is 7.91. The lowest BCUT2D eigenvalue weighted by Crippen LogP contribution is -2.24. The van der Waals surface area contributed by atoms with Gasteiger partial charge in [-0.15, -0.1) is 0 Å². The fraction of sp³-hybridized carbons (Fsp3) is 0.467. The van der Waals surface area contributed by atoms with E-state index in [1.807, 2.05) is 12.1 Å². The molecule has 0 saturated carbocycles. The van der Waals surface area contributed by atoms with Crippen LogP contribution in [0.3, 0.4) is 0 Å². The second-order valence-electron chi connectivity index (χ2n) is 5.33. The molecule has 1 heterocycles. The molecule has 1 unspecified atom stereocenters. The SMILES string of the molecule is O=S1(=O)CC(NCCC2=CCCC2)c2ccccc21. The van der Waals surface area contributed by atoms with Crippen LogP contribution in [-0.2, 0) is 9.84 Å². The van der Waals surface area contributed by atoms with Gasteiger partial charge in [0.15, 0.2) is 9.84 Å². The van der Waals surface area contributed by atoms with E-state index in [-0.39, 0.29) is 11.8 Å². The molecule has 0 radical (unpaired) electrons. The van der Waals surface area contributed by atoms with Gasteiger partial charge in [0.1, 0.15) is 0 Å². The van der Waals surface area contributed by atoms with Crippen LogP contribution in [0, 0.1) is 0 Å². The normalized spacial score (nSPS) is 24.2. The molecule has 1 aliphatic carbocycles. The monoisotopic (exact) mass is 277 g/mol. The van der Waals surface area contributed by atoms with Crippen LogP contribution in [0.15, 0.2) is 40.8 Å². The van der Waals surface area contributed by atoms with E-state index in [0.717, 1.165) is 18.5 Å². The Morgan fingerprint density at radius 2 is 2.11 bits per heavy atom. The van der Waals surface area contributed by atoms with E-state index in [1.165, 1.54) is 24.8 Å². The maximum atomic E-state index is 12.0. The first kappa shape index (κ1) is 12.9. The zero-order valence-electron chi connectivity index (χ0n) is 10.9. The summed E-state index contributed by atoms with van der Waals surface area (Å²) in [6.45, 7) is 0.861. The van der Waals surface area contributed by atoms with Crippen molar-refractivity contribution in [3.8, 4) is 0 Å². The number of nitrogens with one attached hydrogen (secondary N) is 1. The minimum atomic E-state index is -3.08. The van der Waals surface area contributed by atoms with Crippen LogP contribution in [0.4, 0.5) is 0 Å².